The van der Waals surface area contributed by atoms with Gasteiger partial charge in [-0.05, 0) is 54.4 Å². The van der Waals surface area contributed by atoms with Crippen LogP contribution in [0.4, 0.5) is 0 Å². The van der Waals surface area contributed by atoms with E-state index in [2.05, 4.69) is 4.98 Å². The smallest absolute Gasteiger partial charge is 0.335 e. The summed E-state index contributed by atoms with van der Waals surface area (Å²) in [4.78, 5) is 28.3. The zero-order chi connectivity index (χ0) is 22.1. The summed E-state index contributed by atoms with van der Waals surface area (Å²) in [6, 6.07) is 11.9. The lowest BCUT2D eigenvalue weighted by atomic mass is 10.0. The number of ether oxygens (including phenoxy) is 2. The molecule has 0 bridgehead atoms. The summed E-state index contributed by atoms with van der Waals surface area (Å²) in [7, 11) is 3.32. The third-order valence-corrected chi connectivity index (χ3v) is 5.04. The van der Waals surface area contributed by atoms with Crippen molar-refractivity contribution in [3.8, 4) is 22.6 Å². The van der Waals surface area contributed by atoms with Gasteiger partial charge in [-0.1, -0.05) is 6.07 Å². The molecule has 0 saturated heterocycles. The maximum Gasteiger partial charge on any atom is 0.335 e. The molecule has 0 radical (unpaired) electrons. The quantitative estimate of drug-likeness (QED) is 0.515. The number of nitrogens with zero attached hydrogens (tertiary/aromatic N) is 3. The van der Waals surface area contributed by atoms with Crippen molar-refractivity contribution in [1.29, 1.82) is 0 Å². The van der Waals surface area contributed by atoms with E-state index >= 15 is 0 Å². The summed E-state index contributed by atoms with van der Waals surface area (Å²) < 4.78 is 14.0. The largest absolute Gasteiger partial charge is 0.497 e. The molecule has 0 aliphatic rings. The molecule has 2 aromatic heterocycles. The molecule has 158 valence electrons. The van der Waals surface area contributed by atoms with Gasteiger partial charge in [0.25, 0.3) is 0 Å². The summed E-state index contributed by atoms with van der Waals surface area (Å²) in [6.07, 6.45) is 3.43. The van der Waals surface area contributed by atoms with Crippen molar-refractivity contribution in [3.63, 3.8) is 0 Å². The molecule has 4 rings (SSSR count). The van der Waals surface area contributed by atoms with E-state index in [0.717, 1.165) is 22.4 Å². The number of carboxylic acid groups (broad SMARTS) is 1. The first-order chi connectivity index (χ1) is 14.9. The number of aryl methyl sites for hydroxylation is 2. The fraction of sp³-hybridized carbons (Fsp3) is 0.174. The monoisotopic (exact) mass is 419 g/mol. The number of methoxy groups -OCH3 is 1. The molecule has 0 amide bonds. The molecule has 0 spiro atoms. The van der Waals surface area contributed by atoms with Crippen LogP contribution in [0.2, 0.25) is 0 Å². The Hall–Kier alpha value is -4.07. The molecule has 1 N–H and O–H groups in total. The van der Waals surface area contributed by atoms with Crippen molar-refractivity contribution in [2.75, 3.05) is 7.11 Å². The van der Waals surface area contributed by atoms with E-state index in [1.807, 2.05) is 25.1 Å². The summed E-state index contributed by atoms with van der Waals surface area (Å²) in [5.74, 6) is 0.277. The number of aromatic carboxylic acids is 1. The number of carbonyl (C=O) groups is 1. The SMILES string of the molecule is COc1ccc(-c2cn(C)c(=O)n3cc(COc4ccc(C(=O)O)cc4)nc23)c(C)c1. The van der Waals surface area contributed by atoms with E-state index in [1.165, 1.54) is 21.1 Å². The third kappa shape index (κ3) is 3.87. The van der Waals surface area contributed by atoms with Crippen LogP contribution in [0, 0.1) is 6.92 Å². The highest BCUT2D eigenvalue weighted by Gasteiger charge is 2.15. The van der Waals surface area contributed by atoms with E-state index in [0.29, 0.717) is 17.1 Å². The van der Waals surface area contributed by atoms with Crippen LogP contribution in [0.3, 0.4) is 0 Å². The molecule has 8 nitrogen and oxygen atoms in total. The summed E-state index contributed by atoms with van der Waals surface area (Å²) in [6.45, 7) is 2.12. The molecule has 31 heavy (non-hydrogen) atoms. The highest BCUT2D eigenvalue weighted by atomic mass is 16.5. The Labute approximate surface area is 177 Å². The van der Waals surface area contributed by atoms with E-state index in [9.17, 15) is 9.59 Å². The fourth-order valence-electron chi connectivity index (χ4n) is 3.42. The minimum Gasteiger partial charge on any atom is -0.497 e. The van der Waals surface area contributed by atoms with Crippen LogP contribution in [0.15, 0.2) is 59.7 Å². The fourth-order valence-corrected chi connectivity index (χ4v) is 3.42. The van der Waals surface area contributed by atoms with Gasteiger partial charge in [-0.15, -0.1) is 0 Å². The number of imidazole rings is 1. The molecule has 0 aliphatic heterocycles. The van der Waals surface area contributed by atoms with Crippen LogP contribution in [0.5, 0.6) is 11.5 Å². The predicted octanol–water partition coefficient (Wildman–Crippen LogP) is 3.29. The number of benzene rings is 2. The Morgan fingerprint density at radius 3 is 2.42 bits per heavy atom. The lowest BCUT2D eigenvalue weighted by Crippen LogP contribution is -2.23. The van der Waals surface area contributed by atoms with Crippen molar-refractivity contribution < 1.29 is 19.4 Å². The Bertz CT molecular complexity index is 1340. The van der Waals surface area contributed by atoms with E-state index in [-0.39, 0.29) is 17.9 Å². The summed E-state index contributed by atoms with van der Waals surface area (Å²) in [5.41, 5.74) is 3.86. The first kappa shape index (κ1) is 20.2. The molecule has 0 aliphatic carbocycles. The molecule has 2 heterocycles. The normalized spacial score (nSPS) is 10.9. The van der Waals surface area contributed by atoms with Crippen molar-refractivity contribution in [3.05, 3.63) is 82.2 Å². The highest BCUT2D eigenvalue weighted by Crippen LogP contribution is 2.29. The van der Waals surface area contributed by atoms with Crippen molar-refractivity contribution >= 4 is 11.6 Å². The second kappa shape index (κ2) is 7.98. The van der Waals surface area contributed by atoms with Crippen LogP contribution < -0.4 is 15.2 Å². The number of fused-ring (bicyclic) bond motifs is 1. The van der Waals surface area contributed by atoms with Gasteiger partial charge in [0.2, 0.25) is 0 Å². The predicted molar refractivity (Wildman–Crippen MR) is 115 cm³/mol. The number of carboxylic acids is 1. The van der Waals surface area contributed by atoms with Crippen LogP contribution >= 0.6 is 0 Å². The average molecular weight is 419 g/mol. The topological polar surface area (TPSA) is 95.1 Å². The number of hydrogen-bond donors (Lipinski definition) is 1. The standard InChI is InChI=1S/C23H21N3O5/c1-14-10-18(30-3)8-9-19(14)20-12-25(2)23(29)26-11-16(24-21(20)26)13-31-17-6-4-15(5-7-17)22(27)28/h4-12H,13H2,1-3H3,(H,27,28). The van der Waals surface area contributed by atoms with Crippen molar-refractivity contribution in [1.82, 2.24) is 14.0 Å². The Balaban J connectivity index is 1.69. The van der Waals surface area contributed by atoms with Gasteiger partial charge in [0.1, 0.15) is 18.1 Å². The Kier molecular flexibility index (Phi) is 5.21. The number of hydrogen-bond acceptors (Lipinski definition) is 5. The lowest BCUT2D eigenvalue weighted by Gasteiger charge is -2.11. The molecular formula is C23H21N3O5. The molecule has 0 fully saturated rings. The molecule has 4 aromatic rings. The lowest BCUT2D eigenvalue weighted by molar-refractivity contribution is 0.0697. The minimum atomic E-state index is -0.996. The third-order valence-electron chi connectivity index (χ3n) is 5.04. The molecule has 0 unspecified atom stereocenters. The first-order valence-corrected chi connectivity index (χ1v) is 9.56. The van der Waals surface area contributed by atoms with Gasteiger partial charge < -0.3 is 19.1 Å². The summed E-state index contributed by atoms with van der Waals surface area (Å²) >= 11 is 0. The van der Waals surface area contributed by atoms with E-state index in [4.69, 9.17) is 14.6 Å². The second-order valence-corrected chi connectivity index (χ2v) is 7.16. The molecule has 2 aromatic carbocycles. The van der Waals surface area contributed by atoms with Crippen LogP contribution in [-0.4, -0.2) is 32.1 Å². The second-order valence-electron chi connectivity index (χ2n) is 7.16. The van der Waals surface area contributed by atoms with E-state index in [1.54, 1.807) is 38.7 Å². The first-order valence-electron chi connectivity index (χ1n) is 9.56. The van der Waals surface area contributed by atoms with Crippen LogP contribution in [-0.2, 0) is 13.7 Å². The van der Waals surface area contributed by atoms with Gasteiger partial charge in [0.05, 0.1) is 18.4 Å². The highest BCUT2D eigenvalue weighted by molar-refractivity contribution is 5.87. The zero-order valence-electron chi connectivity index (χ0n) is 17.3. The van der Waals surface area contributed by atoms with Gasteiger partial charge in [-0.25, -0.2) is 14.6 Å². The van der Waals surface area contributed by atoms with Crippen molar-refractivity contribution in [2.45, 2.75) is 13.5 Å². The van der Waals surface area contributed by atoms with E-state index < -0.39 is 5.97 Å². The Morgan fingerprint density at radius 2 is 1.77 bits per heavy atom. The van der Waals surface area contributed by atoms with Gasteiger partial charge in [-0.3, -0.25) is 4.40 Å². The van der Waals surface area contributed by atoms with Gasteiger partial charge >= 0.3 is 11.7 Å². The van der Waals surface area contributed by atoms with Crippen molar-refractivity contribution in [2.24, 2.45) is 7.05 Å². The zero-order valence-corrected chi connectivity index (χ0v) is 17.3. The molecular weight excluding hydrogens is 398 g/mol. The maximum absolute atomic E-state index is 12.7. The number of aromatic nitrogens is 3. The number of rotatable bonds is 6. The van der Waals surface area contributed by atoms with Gasteiger partial charge in [-0.2, -0.15) is 0 Å². The van der Waals surface area contributed by atoms with Gasteiger partial charge in [0, 0.05) is 25.0 Å². The molecule has 0 saturated carbocycles. The minimum absolute atomic E-state index is 0.137. The van der Waals surface area contributed by atoms with Crippen LogP contribution in [0.25, 0.3) is 16.8 Å². The Morgan fingerprint density at radius 1 is 1.06 bits per heavy atom. The average Bonchev–Trinajstić information content (AvgIpc) is 3.20. The maximum atomic E-state index is 12.7. The van der Waals surface area contributed by atoms with Crippen LogP contribution in [0.1, 0.15) is 21.6 Å². The molecule has 0 atom stereocenters. The van der Waals surface area contributed by atoms with Gasteiger partial charge in [0.15, 0.2) is 5.65 Å². The summed E-state index contributed by atoms with van der Waals surface area (Å²) in [5, 5.41) is 8.99. The molecule has 8 heteroatoms.